The molecule has 0 amide bonds. The molecule has 1 aliphatic heterocycles. The van der Waals surface area contributed by atoms with Gasteiger partial charge in [-0.05, 0) is 61.1 Å². The largest absolute Gasteiger partial charge is 0.334 e. The molecular weight excluding hydrogens is 553 g/mol. The summed E-state index contributed by atoms with van der Waals surface area (Å²) in [6, 6.07) is 12.4. The molecule has 6 aromatic rings. The van der Waals surface area contributed by atoms with Crippen molar-refractivity contribution in [2.45, 2.75) is 18.9 Å². The molecule has 9 nitrogen and oxygen atoms in total. The smallest absolute Gasteiger partial charge is 0.263 e. The second-order valence-electron chi connectivity index (χ2n) is 10.4. The number of aryl methyl sites for hydroxylation is 1. The highest BCUT2D eigenvalue weighted by Gasteiger charge is 2.21. The molecule has 1 fully saturated rings. The first-order valence-electron chi connectivity index (χ1n) is 13.4. The molecule has 0 aliphatic carbocycles. The number of aromatic nitrogens is 6. The Labute approximate surface area is 244 Å². The zero-order valence-corrected chi connectivity index (χ0v) is 24.3. The van der Waals surface area contributed by atoms with E-state index in [0.29, 0.717) is 35.4 Å². The molecule has 1 atom stereocenters. The molecule has 206 valence electrons. The fourth-order valence-electron chi connectivity index (χ4n) is 5.48. The molecule has 1 saturated heterocycles. The zero-order valence-electron chi connectivity index (χ0n) is 22.7. The number of hydrogen-bond acceptors (Lipinski definition) is 9. The summed E-state index contributed by atoms with van der Waals surface area (Å²) in [5.74, 6) is 1.61. The first kappa shape index (κ1) is 25.8. The average molecular weight is 581 g/mol. The highest BCUT2D eigenvalue weighted by Crippen LogP contribution is 2.32. The normalized spacial score (nSPS) is 15.6. The van der Waals surface area contributed by atoms with Crippen LogP contribution in [0.15, 0.2) is 76.7 Å². The molecule has 1 aliphatic rings. The minimum absolute atomic E-state index is 0.152. The van der Waals surface area contributed by atoms with Crippen LogP contribution in [-0.2, 0) is 13.6 Å². The summed E-state index contributed by atoms with van der Waals surface area (Å²) in [5.41, 5.74) is 4.21. The molecule has 41 heavy (non-hydrogen) atoms. The molecular formula is C30H28N8OS2. The molecule has 0 saturated carbocycles. The van der Waals surface area contributed by atoms with Crippen molar-refractivity contribution in [2.24, 2.45) is 7.05 Å². The van der Waals surface area contributed by atoms with E-state index < -0.39 is 0 Å². The first-order valence-corrected chi connectivity index (χ1v) is 15.2. The number of anilines is 2. The Morgan fingerprint density at radius 3 is 2.61 bits per heavy atom. The van der Waals surface area contributed by atoms with E-state index in [1.54, 1.807) is 45.8 Å². The number of nitrogens with one attached hydrogen (secondary N) is 1. The predicted octanol–water partition coefficient (Wildman–Crippen LogP) is 5.59. The molecule has 7 rings (SSSR count). The lowest BCUT2D eigenvalue weighted by atomic mass is 9.98. The van der Waals surface area contributed by atoms with Gasteiger partial charge in [0.15, 0.2) is 0 Å². The van der Waals surface area contributed by atoms with Crippen molar-refractivity contribution in [3.8, 4) is 22.0 Å². The summed E-state index contributed by atoms with van der Waals surface area (Å²) in [6.07, 6.45) is 8.29. The molecule has 5 aromatic heterocycles. The third kappa shape index (κ3) is 4.96. The van der Waals surface area contributed by atoms with Gasteiger partial charge < -0.3 is 14.8 Å². The van der Waals surface area contributed by atoms with E-state index in [1.165, 1.54) is 12.0 Å². The lowest BCUT2D eigenvalue weighted by Gasteiger charge is -2.14. The Kier molecular flexibility index (Phi) is 6.69. The monoisotopic (exact) mass is 580 g/mol. The van der Waals surface area contributed by atoms with Crippen LogP contribution in [0.25, 0.3) is 33.0 Å². The van der Waals surface area contributed by atoms with Crippen molar-refractivity contribution in [1.29, 1.82) is 0 Å². The van der Waals surface area contributed by atoms with Crippen LogP contribution in [0.2, 0.25) is 0 Å². The number of thiophene rings is 1. The van der Waals surface area contributed by atoms with Gasteiger partial charge in [-0.2, -0.15) is 4.98 Å². The summed E-state index contributed by atoms with van der Waals surface area (Å²) in [4.78, 5) is 35.9. The van der Waals surface area contributed by atoms with E-state index in [2.05, 4.69) is 62.5 Å². The van der Waals surface area contributed by atoms with Crippen LogP contribution < -0.4 is 10.9 Å². The minimum atomic E-state index is -0.152. The number of hydrogen-bond donors (Lipinski definition) is 1. The van der Waals surface area contributed by atoms with Gasteiger partial charge in [0.2, 0.25) is 5.95 Å². The highest BCUT2D eigenvalue weighted by molar-refractivity contribution is 7.14. The van der Waals surface area contributed by atoms with Gasteiger partial charge in [0.1, 0.15) is 16.5 Å². The van der Waals surface area contributed by atoms with Gasteiger partial charge in [0.05, 0.1) is 12.1 Å². The maximum atomic E-state index is 14.0. The molecule has 0 radical (unpaired) electrons. The quantitative estimate of drug-likeness (QED) is 0.263. The van der Waals surface area contributed by atoms with Gasteiger partial charge in [-0.15, -0.1) is 22.7 Å². The topological polar surface area (TPSA) is 93.8 Å². The maximum absolute atomic E-state index is 14.0. The van der Waals surface area contributed by atoms with E-state index >= 15 is 0 Å². The summed E-state index contributed by atoms with van der Waals surface area (Å²) in [6.45, 7) is 2.59. The van der Waals surface area contributed by atoms with Crippen molar-refractivity contribution in [3.63, 3.8) is 0 Å². The highest BCUT2D eigenvalue weighted by atomic mass is 32.1. The molecule has 6 heterocycles. The molecule has 1 unspecified atom stereocenters. The fourth-order valence-corrected chi connectivity index (χ4v) is 7.10. The number of nitrogens with zero attached hydrogens (tertiary/aromatic N) is 7. The second-order valence-corrected chi connectivity index (χ2v) is 12.3. The van der Waals surface area contributed by atoms with Crippen molar-refractivity contribution >= 4 is 45.3 Å². The standard InChI is InChI=1S/C30H28N8OS2/c1-36-11-7-20(17-36)19-3-5-22(6-4-19)34-30-33-16-21-15-24(27-31-9-12-37(27)2)29(39)38(26(21)35-30)18-25-23(8-13-40-25)28-32-10-14-41-28/h3-6,8-10,12-16,20H,7,11,17-18H2,1-2H3,(H,33,34,35). The van der Waals surface area contributed by atoms with Crippen LogP contribution in [0.3, 0.4) is 0 Å². The van der Waals surface area contributed by atoms with Crippen LogP contribution in [0.5, 0.6) is 0 Å². The number of imidazole rings is 1. The Hall–Kier alpha value is -4.19. The van der Waals surface area contributed by atoms with Gasteiger partial charge >= 0.3 is 0 Å². The van der Waals surface area contributed by atoms with Gasteiger partial charge in [-0.1, -0.05) is 12.1 Å². The lowest BCUT2D eigenvalue weighted by Crippen LogP contribution is -2.24. The Morgan fingerprint density at radius 1 is 1.00 bits per heavy atom. The van der Waals surface area contributed by atoms with E-state index in [9.17, 15) is 4.79 Å². The maximum Gasteiger partial charge on any atom is 0.263 e. The zero-order chi connectivity index (χ0) is 27.9. The van der Waals surface area contributed by atoms with Crippen molar-refractivity contribution in [2.75, 3.05) is 25.5 Å². The molecule has 0 bridgehead atoms. The minimum Gasteiger partial charge on any atom is -0.334 e. The van der Waals surface area contributed by atoms with E-state index in [1.807, 2.05) is 34.6 Å². The molecule has 1 N–H and O–H groups in total. The predicted molar refractivity (Wildman–Crippen MR) is 165 cm³/mol. The number of likely N-dealkylation sites (tertiary alicyclic amines) is 1. The third-order valence-electron chi connectivity index (χ3n) is 7.63. The SMILES string of the molecule is CN1CCC(c2ccc(Nc3ncc4cc(-c5nccn5C)c(=O)n(Cc5sccc5-c5nccs5)c4n3)cc2)C1. The van der Waals surface area contributed by atoms with Crippen LogP contribution in [0.1, 0.15) is 22.8 Å². The summed E-state index contributed by atoms with van der Waals surface area (Å²) in [5, 5.41) is 9.04. The number of rotatable bonds is 7. The van der Waals surface area contributed by atoms with Crippen LogP contribution in [-0.4, -0.2) is 54.1 Å². The van der Waals surface area contributed by atoms with Crippen LogP contribution in [0, 0.1) is 0 Å². The summed E-state index contributed by atoms with van der Waals surface area (Å²) < 4.78 is 3.58. The number of fused-ring (bicyclic) bond motifs is 1. The van der Waals surface area contributed by atoms with Gasteiger partial charge in [0, 0.05) is 65.3 Å². The third-order valence-corrected chi connectivity index (χ3v) is 9.34. The van der Waals surface area contributed by atoms with Gasteiger partial charge in [0.25, 0.3) is 5.56 Å². The number of thiazole rings is 1. The molecule has 11 heteroatoms. The van der Waals surface area contributed by atoms with Crippen LogP contribution >= 0.6 is 22.7 Å². The van der Waals surface area contributed by atoms with Gasteiger partial charge in [-0.25, -0.2) is 15.0 Å². The van der Waals surface area contributed by atoms with Crippen LogP contribution in [0.4, 0.5) is 11.6 Å². The molecule has 1 aromatic carbocycles. The first-order chi connectivity index (χ1) is 20.0. The molecule has 0 spiro atoms. The van der Waals surface area contributed by atoms with E-state index in [-0.39, 0.29) is 5.56 Å². The van der Waals surface area contributed by atoms with Crippen molar-refractivity contribution < 1.29 is 0 Å². The summed E-state index contributed by atoms with van der Waals surface area (Å²) in [7, 11) is 4.06. The fraction of sp³-hybridized carbons (Fsp3) is 0.233. The average Bonchev–Trinajstić information content (AvgIpc) is 3.79. The number of likely N-dealkylation sites (N-methyl/N-ethyl adjacent to an activating group) is 1. The van der Waals surface area contributed by atoms with Gasteiger partial charge in [-0.3, -0.25) is 9.36 Å². The number of benzene rings is 1. The van der Waals surface area contributed by atoms with Crippen molar-refractivity contribution in [1.82, 2.24) is 34.0 Å². The van der Waals surface area contributed by atoms with Crippen molar-refractivity contribution in [3.05, 3.63) is 92.7 Å². The lowest BCUT2D eigenvalue weighted by molar-refractivity contribution is 0.411. The Morgan fingerprint density at radius 2 is 1.88 bits per heavy atom. The number of pyridine rings is 1. The van der Waals surface area contributed by atoms with E-state index in [0.717, 1.165) is 39.6 Å². The Bertz CT molecular complexity index is 1890. The second kappa shape index (κ2) is 10.7. The summed E-state index contributed by atoms with van der Waals surface area (Å²) >= 11 is 3.19. The Balaban J connectivity index is 1.28. The van der Waals surface area contributed by atoms with E-state index in [4.69, 9.17) is 4.98 Å².